The number of carbonyl (C=O) groups excluding carboxylic acids is 1. The molecule has 142 valence electrons. The van der Waals surface area contributed by atoms with Crippen LogP contribution in [-0.4, -0.2) is 47.1 Å². The van der Waals surface area contributed by atoms with Gasteiger partial charge in [-0.15, -0.1) is 0 Å². The smallest absolute Gasteiger partial charge is 0.340 e. The predicted octanol–water partition coefficient (Wildman–Crippen LogP) is 2.91. The summed E-state index contributed by atoms with van der Waals surface area (Å²) in [6.07, 6.45) is 4.94. The first kappa shape index (κ1) is 18.8. The Labute approximate surface area is 160 Å². The Morgan fingerprint density at radius 3 is 2.59 bits per heavy atom. The lowest BCUT2D eigenvalue weighted by Crippen LogP contribution is -2.40. The number of ether oxygens (including phenoxy) is 1. The molecule has 1 aliphatic heterocycles. The molecule has 0 bridgehead atoms. The van der Waals surface area contributed by atoms with E-state index in [4.69, 9.17) is 16.3 Å². The highest BCUT2D eigenvalue weighted by Crippen LogP contribution is 2.33. The summed E-state index contributed by atoms with van der Waals surface area (Å²) < 4.78 is 4.75. The van der Waals surface area contributed by atoms with Crippen LogP contribution in [0, 0.1) is 10.1 Å². The van der Waals surface area contributed by atoms with Gasteiger partial charge in [0.1, 0.15) is 0 Å². The van der Waals surface area contributed by atoms with Crippen molar-refractivity contribution in [1.82, 2.24) is 9.97 Å². The molecule has 0 amide bonds. The highest BCUT2D eigenvalue weighted by molar-refractivity contribution is 6.34. The van der Waals surface area contributed by atoms with Crippen molar-refractivity contribution in [2.45, 2.75) is 18.9 Å². The topological polar surface area (TPSA) is 110 Å². The summed E-state index contributed by atoms with van der Waals surface area (Å²) in [6, 6.07) is 4.21. The van der Waals surface area contributed by atoms with Crippen LogP contribution < -0.4 is 10.2 Å². The molecular formula is C17H18ClN5O4. The lowest BCUT2D eigenvalue weighted by atomic mass is 10.0. The number of aromatic nitrogens is 2. The van der Waals surface area contributed by atoms with Crippen molar-refractivity contribution in [3.05, 3.63) is 51.3 Å². The fourth-order valence-electron chi connectivity index (χ4n) is 3.00. The summed E-state index contributed by atoms with van der Waals surface area (Å²) in [5, 5.41) is 14.4. The normalized spacial score (nSPS) is 14.7. The average Bonchev–Trinajstić information content (AvgIpc) is 2.69. The van der Waals surface area contributed by atoms with Gasteiger partial charge in [0.05, 0.1) is 28.3 Å². The lowest BCUT2D eigenvalue weighted by Gasteiger charge is -2.33. The van der Waals surface area contributed by atoms with Gasteiger partial charge in [-0.3, -0.25) is 10.1 Å². The first-order chi connectivity index (χ1) is 13.0. The van der Waals surface area contributed by atoms with Crippen molar-refractivity contribution in [2.75, 3.05) is 30.4 Å². The van der Waals surface area contributed by atoms with E-state index >= 15 is 0 Å². The zero-order chi connectivity index (χ0) is 19.4. The fourth-order valence-corrected chi connectivity index (χ4v) is 3.27. The van der Waals surface area contributed by atoms with Crippen LogP contribution in [0.1, 0.15) is 23.2 Å². The van der Waals surface area contributed by atoms with Crippen LogP contribution >= 0.6 is 11.6 Å². The average molecular weight is 392 g/mol. The molecule has 2 heterocycles. The van der Waals surface area contributed by atoms with Gasteiger partial charge in [-0.2, -0.15) is 0 Å². The van der Waals surface area contributed by atoms with Crippen LogP contribution in [0.25, 0.3) is 0 Å². The second-order valence-corrected chi connectivity index (χ2v) is 6.46. The van der Waals surface area contributed by atoms with Crippen molar-refractivity contribution in [2.24, 2.45) is 0 Å². The third-order valence-corrected chi connectivity index (χ3v) is 4.67. The lowest BCUT2D eigenvalue weighted by molar-refractivity contribution is -0.384. The highest BCUT2D eigenvalue weighted by atomic mass is 35.5. The van der Waals surface area contributed by atoms with Crippen molar-refractivity contribution >= 4 is 34.9 Å². The Bertz CT molecular complexity index is 841. The monoisotopic (exact) mass is 391 g/mol. The van der Waals surface area contributed by atoms with Gasteiger partial charge < -0.3 is 15.0 Å². The second-order valence-electron chi connectivity index (χ2n) is 6.05. The third kappa shape index (κ3) is 4.25. The summed E-state index contributed by atoms with van der Waals surface area (Å²) in [5.74, 6) is -0.00205. The maximum absolute atomic E-state index is 12.1. The van der Waals surface area contributed by atoms with Gasteiger partial charge in [0.25, 0.3) is 5.69 Å². The number of piperidine rings is 1. The molecule has 2 aromatic rings. The van der Waals surface area contributed by atoms with Crippen molar-refractivity contribution in [3.8, 4) is 0 Å². The number of nitro groups is 1. The number of methoxy groups -OCH3 is 1. The second kappa shape index (κ2) is 8.17. The standard InChI is InChI=1S/C17H18ClN5O4/c1-27-16(24)13-9-12(23(25)26)10-14(18)15(13)21-11-3-7-22(8-4-11)17-19-5-2-6-20-17/h2,5-6,9-11,21H,3-4,7-8H2,1H3. The number of halogens is 1. The van der Waals surface area contributed by atoms with Gasteiger partial charge in [-0.25, -0.2) is 14.8 Å². The number of nitrogens with one attached hydrogen (secondary N) is 1. The van der Waals surface area contributed by atoms with E-state index in [1.54, 1.807) is 18.5 Å². The zero-order valence-electron chi connectivity index (χ0n) is 14.6. The summed E-state index contributed by atoms with van der Waals surface area (Å²) in [5.41, 5.74) is 0.135. The molecule has 3 rings (SSSR count). The van der Waals surface area contributed by atoms with Crippen LogP contribution in [0.4, 0.5) is 17.3 Å². The number of rotatable bonds is 5. The number of nitrogens with zero attached hydrogens (tertiary/aromatic N) is 4. The van der Waals surface area contributed by atoms with Gasteiger partial charge in [-0.1, -0.05) is 11.6 Å². The molecule has 0 aliphatic carbocycles. The van der Waals surface area contributed by atoms with Crippen LogP contribution in [0.5, 0.6) is 0 Å². The molecule has 1 fully saturated rings. The molecule has 9 nitrogen and oxygen atoms in total. The minimum atomic E-state index is -0.682. The van der Waals surface area contributed by atoms with Gasteiger partial charge in [0, 0.05) is 43.7 Å². The van der Waals surface area contributed by atoms with Crippen molar-refractivity contribution < 1.29 is 14.5 Å². The Kier molecular flexibility index (Phi) is 5.70. The van der Waals surface area contributed by atoms with E-state index in [0.29, 0.717) is 11.6 Å². The number of carbonyl (C=O) groups is 1. The quantitative estimate of drug-likeness (QED) is 0.470. The van der Waals surface area contributed by atoms with E-state index < -0.39 is 10.9 Å². The van der Waals surface area contributed by atoms with E-state index in [-0.39, 0.29) is 22.3 Å². The van der Waals surface area contributed by atoms with Crippen molar-refractivity contribution in [3.63, 3.8) is 0 Å². The Balaban J connectivity index is 1.76. The van der Waals surface area contributed by atoms with Crippen LogP contribution in [0.15, 0.2) is 30.6 Å². The molecule has 10 heteroatoms. The summed E-state index contributed by atoms with van der Waals surface area (Å²) in [4.78, 5) is 33.1. The molecule has 27 heavy (non-hydrogen) atoms. The number of benzene rings is 1. The maximum Gasteiger partial charge on any atom is 0.340 e. The molecule has 1 aliphatic rings. The molecule has 0 atom stereocenters. The van der Waals surface area contributed by atoms with Gasteiger partial charge in [0.15, 0.2) is 0 Å². The maximum atomic E-state index is 12.1. The summed E-state index contributed by atoms with van der Waals surface area (Å²) >= 11 is 6.22. The van der Waals surface area contributed by atoms with E-state index in [0.717, 1.165) is 25.9 Å². The molecule has 0 spiro atoms. The third-order valence-electron chi connectivity index (χ3n) is 4.37. The molecule has 0 saturated carbocycles. The number of nitro benzene ring substituents is 1. The van der Waals surface area contributed by atoms with E-state index in [9.17, 15) is 14.9 Å². The summed E-state index contributed by atoms with van der Waals surface area (Å²) in [6.45, 7) is 1.47. The first-order valence-electron chi connectivity index (χ1n) is 8.34. The largest absolute Gasteiger partial charge is 0.465 e. The number of hydrogen-bond donors (Lipinski definition) is 1. The molecule has 1 aromatic heterocycles. The molecule has 0 radical (unpaired) electrons. The molecule has 1 aromatic carbocycles. The zero-order valence-corrected chi connectivity index (χ0v) is 15.3. The van der Waals surface area contributed by atoms with Gasteiger partial charge >= 0.3 is 5.97 Å². The summed E-state index contributed by atoms with van der Waals surface area (Å²) in [7, 11) is 1.22. The number of hydrogen-bond acceptors (Lipinski definition) is 8. The highest BCUT2D eigenvalue weighted by Gasteiger charge is 2.26. The Hall–Kier alpha value is -2.94. The minimum absolute atomic E-state index is 0.0468. The Morgan fingerprint density at radius 1 is 1.33 bits per heavy atom. The van der Waals surface area contributed by atoms with E-state index in [1.807, 2.05) is 0 Å². The van der Waals surface area contributed by atoms with Gasteiger partial charge in [-0.05, 0) is 18.9 Å². The fraction of sp³-hybridized carbons (Fsp3) is 0.353. The number of non-ortho nitro benzene ring substituents is 1. The van der Waals surface area contributed by atoms with E-state index in [2.05, 4.69) is 20.2 Å². The SMILES string of the molecule is COC(=O)c1cc([N+](=O)[O-])cc(Cl)c1NC1CCN(c2ncccn2)CC1. The first-order valence-corrected chi connectivity index (χ1v) is 8.72. The molecular weight excluding hydrogens is 374 g/mol. The van der Waals surface area contributed by atoms with Crippen molar-refractivity contribution in [1.29, 1.82) is 0 Å². The number of esters is 1. The molecule has 1 N–H and O–H groups in total. The number of anilines is 2. The molecule has 0 unspecified atom stereocenters. The Morgan fingerprint density at radius 2 is 2.00 bits per heavy atom. The van der Waals surface area contributed by atoms with Gasteiger partial charge in [0.2, 0.25) is 5.95 Å². The molecule has 1 saturated heterocycles. The predicted molar refractivity (Wildman–Crippen MR) is 100 cm³/mol. The van der Waals surface area contributed by atoms with Crippen LogP contribution in [0.3, 0.4) is 0 Å². The van der Waals surface area contributed by atoms with Crippen LogP contribution in [-0.2, 0) is 4.74 Å². The van der Waals surface area contributed by atoms with E-state index in [1.165, 1.54) is 19.2 Å². The van der Waals surface area contributed by atoms with Crippen LogP contribution in [0.2, 0.25) is 5.02 Å². The minimum Gasteiger partial charge on any atom is -0.465 e.